The van der Waals surface area contributed by atoms with E-state index in [9.17, 15) is 18.3 Å². The minimum Gasteiger partial charge on any atom is -0.493 e. The number of aliphatic hydroxyl groups excluding tert-OH is 1. The molecule has 2 aromatic rings. The fourth-order valence-corrected chi connectivity index (χ4v) is 2.65. The topological polar surface area (TPSA) is 42.4 Å². The van der Waals surface area contributed by atoms with Crippen LogP contribution in [0, 0.1) is 6.92 Å². The SMILES string of the molecule is CCOc1c(C(C)O)cc(Cl)c(C)c1-c1cncc(C(F)(F)F)c1. The summed E-state index contributed by atoms with van der Waals surface area (Å²) < 4.78 is 44.6. The summed E-state index contributed by atoms with van der Waals surface area (Å²) in [6.45, 7) is 5.27. The van der Waals surface area contributed by atoms with E-state index in [0.29, 0.717) is 34.1 Å². The summed E-state index contributed by atoms with van der Waals surface area (Å²) in [6, 6.07) is 2.57. The predicted octanol–water partition coefficient (Wildman–Crippen LogP) is 5.18. The zero-order valence-electron chi connectivity index (χ0n) is 13.4. The summed E-state index contributed by atoms with van der Waals surface area (Å²) in [6.07, 6.45) is -3.31. The van der Waals surface area contributed by atoms with Crippen LogP contribution in [0.2, 0.25) is 5.02 Å². The Morgan fingerprint density at radius 1 is 1.29 bits per heavy atom. The van der Waals surface area contributed by atoms with Gasteiger partial charge in [0.05, 0.1) is 18.3 Å². The highest BCUT2D eigenvalue weighted by Crippen LogP contribution is 2.43. The van der Waals surface area contributed by atoms with Crippen molar-refractivity contribution < 1.29 is 23.0 Å². The quantitative estimate of drug-likeness (QED) is 0.817. The van der Waals surface area contributed by atoms with Crippen molar-refractivity contribution in [3.63, 3.8) is 0 Å². The van der Waals surface area contributed by atoms with Gasteiger partial charge in [-0.1, -0.05) is 11.6 Å². The van der Waals surface area contributed by atoms with Crippen LogP contribution in [0.5, 0.6) is 5.75 Å². The van der Waals surface area contributed by atoms with E-state index in [2.05, 4.69) is 4.98 Å². The Hall–Kier alpha value is -1.79. The van der Waals surface area contributed by atoms with E-state index < -0.39 is 17.8 Å². The van der Waals surface area contributed by atoms with Crippen LogP contribution in [0.1, 0.15) is 36.6 Å². The Labute approximate surface area is 143 Å². The highest BCUT2D eigenvalue weighted by Gasteiger charge is 2.32. The van der Waals surface area contributed by atoms with Crippen LogP contribution in [-0.2, 0) is 6.18 Å². The summed E-state index contributed by atoms with van der Waals surface area (Å²) in [4.78, 5) is 3.69. The lowest BCUT2D eigenvalue weighted by molar-refractivity contribution is -0.137. The summed E-state index contributed by atoms with van der Waals surface area (Å²) in [5.74, 6) is 0.315. The van der Waals surface area contributed by atoms with E-state index in [4.69, 9.17) is 16.3 Å². The Bertz CT molecular complexity index is 745. The van der Waals surface area contributed by atoms with Gasteiger partial charge in [-0.05, 0) is 38.5 Å². The summed E-state index contributed by atoms with van der Waals surface area (Å²) >= 11 is 6.21. The molecule has 0 radical (unpaired) electrons. The number of nitrogens with zero attached hydrogens (tertiary/aromatic N) is 1. The highest BCUT2D eigenvalue weighted by atomic mass is 35.5. The van der Waals surface area contributed by atoms with Gasteiger partial charge in [0.2, 0.25) is 0 Å². The molecule has 1 atom stereocenters. The van der Waals surface area contributed by atoms with E-state index >= 15 is 0 Å². The summed E-state index contributed by atoms with van der Waals surface area (Å²) in [7, 11) is 0. The molecule has 1 aromatic carbocycles. The number of halogens is 4. The normalized spacial score (nSPS) is 13.0. The lowest BCUT2D eigenvalue weighted by Gasteiger charge is -2.20. The molecule has 0 aliphatic rings. The average Bonchev–Trinajstić information content (AvgIpc) is 2.50. The lowest BCUT2D eigenvalue weighted by Crippen LogP contribution is -2.07. The van der Waals surface area contributed by atoms with Crippen LogP contribution < -0.4 is 4.74 Å². The van der Waals surface area contributed by atoms with E-state index in [-0.39, 0.29) is 5.56 Å². The molecule has 0 aliphatic heterocycles. The molecule has 0 fully saturated rings. The molecule has 0 bridgehead atoms. The zero-order valence-corrected chi connectivity index (χ0v) is 14.2. The second-order valence-corrected chi connectivity index (χ2v) is 5.75. The number of hydrogen-bond acceptors (Lipinski definition) is 3. The fraction of sp³-hybridized carbons (Fsp3) is 0.353. The van der Waals surface area contributed by atoms with Crippen molar-refractivity contribution in [1.29, 1.82) is 0 Å². The van der Waals surface area contributed by atoms with Crippen LogP contribution in [-0.4, -0.2) is 16.7 Å². The van der Waals surface area contributed by atoms with Crippen molar-refractivity contribution in [3.05, 3.63) is 46.2 Å². The first kappa shape index (κ1) is 18.5. The number of benzene rings is 1. The molecular formula is C17H17ClF3NO2. The number of aromatic nitrogens is 1. The van der Waals surface area contributed by atoms with Crippen LogP contribution in [0.15, 0.2) is 24.5 Å². The number of aliphatic hydroxyl groups is 1. The number of pyridine rings is 1. The maximum atomic E-state index is 13.0. The number of alkyl halides is 3. The minimum atomic E-state index is -4.51. The second-order valence-electron chi connectivity index (χ2n) is 5.35. The maximum absolute atomic E-state index is 13.0. The molecule has 1 heterocycles. The molecule has 24 heavy (non-hydrogen) atoms. The van der Waals surface area contributed by atoms with Gasteiger partial charge in [0, 0.05) is 34.1 Å². The van der Waals surface area contributed by atoms with Crippen molar-refractivity contribution >= 4 is 11.6 Å². The first-order valence-electron chi connectivity index (χ1n) is 7.33. The third-order valence-electron chi connectivity index (χ3n) is 3.60. The predicted molar refractivity (Wildman–Crippen MR) is 86.2 cm³/mol. The highest BCUT2D eigenvalue weighted by molar-refractivity contribution is 6.32. The molecule has 0 aliphatic carbocycles. The van der Waals surface area contributed by atoms with Crippen molar-refractivity contribution in [2.24, 2.45) is 0 Å². The maximum Gasteiger partial charge on any atom is 0.417 e. The largest absolute Gasteiger partial charge is 0.493 e. The van der Waals surface area contributed by atoms with E-state index in [0.717, 1.165) is 12.3 Å². The molecule has 1 unspecified atom stereocenters. The van der Waals surface area contributed by atoms with Gasteiger partial charge in [0.25, 0.3) is 0 Å². The van der Waals surface area contributed by atoms with Crippen LogP contribution in [0.3, 0.4) is 0 Å². The van der Waals surface area contributed by atoms with Crippen molar-refractivity contribution in [3.8, 4) is 16.9 Å². The number of hydrogen-bond donors (Lipinski definition) is 1. The molecular weight excluding hydrogens is 343 g/mol. The van der Waals surface area contributed by atoms with Gasteiger partial charge >= 0.3 is 6.18 Å². The van der Waals surface area contributed by atoms with Crippen LogP contribution in [0.25, 0.3) is 11.1 Å². The van der Waals surface area contributed by atoms with Gasteiger partial charge in [-0.15, -0.1) is 0 Å². The van der Waals surface area contributed by atoms with Crippen LogP contribution in [0.4, 0.5) is 13.2 Å². The summed E-state index contributed by atoms with van der Waals surface area (Å²) in [5.41, 5.74) is 0.750. The molecule has 0 saturated heterocycles. The smallest absolute Gasteiger partial charge is 0.417 e. The fourth-order valence-electron chi connectivity index (χ4n) is 2.43. The van der Waals surface area contributed by atoms with Crippen molar-refractivity contribution in [1.82, 2.24) is 4.98 Å². The molecule has 130 valence electrons. The molecule has 7 heteroatoms. The number of ether oxygens (including phenoxy) is 1. The average molecular weight is 360 g/mol. The van der Waals surface area contributed by atoms with Crippen molar-refractivity contribution in [2.45, 2.75) is 33.1 Å². The van der Waals surface area contributed by atoms with Gasteiger partial charge in [-0.3, -0.25) is 4.98 Å². The molecule has 2 rings (SSSR count). The van der Waals surface area contributed by atoms with Crippen LogP contribution >= 0.6 is 11.6 Å². The lowest BCUT2D eigenvalue weighted by atomic mass is 9.94. The second kappa shape index (κ2) is 6.99. The monoisotopic (exact) mass is 359 g/mol. The van der Waals surface area contributed by atoms with Crippen molar-refractivity contribution in [2.75, 3.05) is 6.61 Å². The van der Waals surface area contributed by atoms with Gasteiger partial charge < -0.3 is 9.84 Å². The van der Waals surface area contributed by atoms with E-state index in [1.165, 1.54) is 13.1 Å². The van der Waals surface area contributed by atoms with Gasteiger partial charge in [0.1, 0.15) is 5.75 Å². The third kappa shape index (κ3) is 3.65. The van der Waals surface area contributed by atoms with Gasteiger partial charge in [-0.2, -0.15) is 13.2 Å². The van der Waals surface area contributed by atoms with Gasteiger partial charge in [-0.25, -0.2) is 0 Å². The van der Waals surface area contributed by atoms with E-state index in [1.54, 1.807) is 19.9 Å². The minimum absolute atomic E-state index is 0.232. The third-order valence-corrected chi connectivity index (χ3v) is 3.99. The standard InChI is InChI=1S/C17H17ClF3NO2/c1-4-24-16-13(10(3)23)6-14(18)9(2)15(16)11-5-12(8-22-7-11)17(19,20)21/h5-8,10,23H,4H2,1-3H3. The Balaban J connectivity index is 2.77. The Kier molecular flexibility index (Phi) is 5.40. The summed E-state index contributed by atoms with van der Waals surface area (Å²) in [5, 5.41) is 10.3. The number of rotatable bonds is 4. The molecule has 0 amide bonds. The molecule has 3 nitrogen and oxygen atoms in total. The molecule has 0 spiro atoms. The molecule has 1 aromatic heterocycles. The first-order valence-corrected chi connectivity index (χ1v) is 7.71. The van der Waals surface area contributed by atoms with E-state index in [1.807, 2.05) is 0 Å². The van der Waals surface area contributed by atoms with Gasteiger partial charge in [0.15, 0.2) is 0 Å². The Morgan fingerprint density at radius 3 is 2.50 bits per heavy atom. The Morgan fingerprint density at radius 2 is 1.96 bits per heavy atom. The zero-order chi connectivity index (χ0) is 18.1. The first-order chi connectivity index (χ1) is 11.2. The molecule has 1 N–H and O–H groups in total. The molecule has 0 saturated carbocycles.